The van der Waals surface area contributed by atoms with Crippen molar-refractivity contribution in [3.8, 4) is 34.5 Å². The Morgan fingerprint density at radius 2 is 1.67 bits per heavy atom. The standard InChI is InChI=1S/C22H14FN5O2/c23-14-3-5-15(6-4-14)30-20-11-17(29-16-2-1-7-24-12-16)10-18-21(20)28-22(27-18)19-13-25-8-9-26-19/h1-13H,(H,27,28). The highest BCUT2D eigenvalue weighted by molar-refractivity contribution is 5.86. The predicted octanol–water partition coefficient (Wildman–Crippen LogP) is 5.14. The van der Waals surface area contributed by atoms with Crippen molar-refractivity contribution in [2.45, 2.75) is 0 Å². The molecule has 0 atom stereocenters. The van der Waals surface area contributed by atoms with Gasteiger partial charge < -0.3 is 14.5 Å². The van der Waals surface area contributed by atoms with E-state index in [9.17, 15) is 4.39 Å². The molecule has 5 rings (SSSR count). The van der Waals surface area contributed by atoms with Crippen molar-refractivity contribution in [2.24, 2.45) is 0 Å². The SMILES string of the molecule is Fc1ccc(Oc2cc(Oc3cccnc3)cc3[nH]c(-c4cnccn4)nc23)cc1. The van der Waals surface area contributed by atoms with Gasteiger partial charge in [0.25, 0.3) is 0 Å². The van der Waals surface area contributed by atoms with E-state index in [0.29, 0.717) is 45.5 Å². The van der Waals surface area contributed by atoms with Crippen molar-refractivity contribution in [1.82, 2.24) is 24.9 Å². The molecule has 8 heteroatoms. The lowest BCUT2D eigenvalue weighted by molar-refractivity contribution is 0.462. The molecule has 5 aromatic rings. The number of nitrogens with one attached hydrogen (secondary N) is 1. The van der Waals surface area contributed by atoms with Crippen molar-refractivity contribution in [1.29, 1.82) is 0 Å². The van der Waals surface area contributed by atoms with Gasteiger partial charge in [0.2, 0.25) is 0 Å². The minimum atomic E-state index is -0.342. The van der Waals surface area contributed by atoms with Gasteiger partial charge in [-0.1, -0.05) is 0 Å². The number of nitrogens with zero attached hydrogens (tertiary/aromatic N) is 4. The molecule has 1 N–H and O–H groups in total. The van der Waals surface area contributed by atoms with E-state index in [4.69, 9.17) is 9.47 Å². The highest BCUT2D eigenvalue weighted by Gasteiger charge is 2.15. The second kappa shape index (κ2) is 7.59. The number of imidazole rings is 1. The van der Waals surface area contributed by atoms with Crippen LogP contribution in [0.4, 0.5) is 4.39 Å². The molecule has 0 spiro atoms. The molecule has 3 heterocycles. The molecule has 0 unspecified atom stereocenters. The number of halogens is 1. The van der Waals surface area contributed by atoms with Gasteiger partial charge >= 0.3 is 0 Å². The fourth-order valence-corrected chi connectivity index (χ4v) is 2.91. The molecule has 7 nitrogen and oxygen atoms in total. The largest absolute Gasteiger partial charge is 0.456 e. The van der Waals surface area contributed by atoms with Crippen molar-refractivity contribution in [2.75, 3.05) is 0 Å². The highest BCUT2D eigenvalue weighted by atomic mass is 19.1. The summed E-state index contributed by atoms with van der Waals surface area (Å²) >= 11 is 0. The van der Waals surface area contributed by atoms with E-state index in [-0.39, 0.29) is 5.82 Å². The van der Waals surface area contributed by atoms with Gasteiger partial charge in [0, 0.05) is 30.7 Å². The van der Waals surface area contributed by atoms with Gasteiger partial charge in [-0.3, -0.25) is 9.97 Å². The summed E-state index contributed by atoms with van der Waals surface area (Å²) in [6, 6.07) is 12.9. The first kappa shape index (κ1) is 17.7. The van der Waals surface area contributed by atoms with Crippen molar-refractivity contribution in [3.05, 3.63) is 85.3 Å². The fraction of sp³-hybridized carbons (Fsp3) is 0. The van der Waals surface area contributed by atoms with Crippen LogP contribution in [0.15, 0.2) is 79.5 Å². The van der Waals surface area contributed by atoms with E-state index in [2.05, 4.69) is 24.9 Å². The van der Waals surface area contributed by atoms with Crippen molar-refractivity contribution >= 4 is 11.0 Å². The summed E-state index contributed by atoms with van der Waals surface area (Å²) in [5.74, 6) is 2.23. The summed E-state index contributed by atoms with van der Waals surface area (Å²) in [5.41, 5.74) is 1.86. The van der Waals surface area contributed by atoms with Crippen LogP contribution < -0.4 is 9.47 Å². The van der Waals surface area contributed by atoms with Crippen LogP contribution >= 0.6 is 0 Å². The van der Waals surface area contributed by atoms with E-state index in [1.165, 1.54) is 12.1 Å². The first-order valence-corrected chi connectivity index (χ1v) is 9.06. The Morgan fingerprint density at radius 1 is 0.800 bits per heavy atom. The van der Waals surface area contributed by atoms with E-state index < -0.39 is 0 Å². The predicted molar refractivity (Wildman–Crippen MR) is 108 cm³/mol. The molecular weight excluding hydrogens is 385 g/mol. The molecule has 0 aliphatic heterocycles. The quantitative estimate of drug-likeness (QED) is 0.440. The van der Waals surface area contributed by atoms with Gasteiger partial charge in [-0.2, -0.15) is 0 Å². The highest BCUT2D eigenvalue weighted by Crippen LogP contribution is 2.36. The molecule has 3 aromatic heterocycles. The molecule has 0 aliphatic carbocycles. The first-order chi connectivity index (χ1) is 14.7. The lowest BCUT2D eigenvalue weighted by atomic mass is 10.2. The van der Waals surface area contributed by atoms with Crippen LogP contribution in [0.1, 0.15) is 0 Å². The number of ether oxygens (including phenoxy) is 2. The number of fused-ring (bicyclic) bond motifs is 1. The zero-order valence-corrected chi connectivity index (χ0v) is 15.5. The van der Waals surface area contributed by atoms with Gasteiger partial charge in [-0.25, -0.2) is 14.4 Å². The lowest BCUT2D eigenvalue weighted by Crippen LogP contribution is -1.90. The lowest BCUT2D eigenvalue weighted by Gasteiger charge is -2.10. The van der Waals surface area contributed by atoms with E-state index >= 15 is 0 Å². The molecule has 2 aromatic carbocycles. The monoisotopic (exact) mass is 399 g/mol. The maximum atomic E-state index is 13.3. The Morgan fingerprint density at radius 3 is 2.43 bits per heavy atom. The van der Waals surface area contributed by atoms with Crippen LogP contribution in [0.3, 0.4) is 0 Å². The molecule has 0 saturated heterocycles. The second-order valence-corrected chi connectivity index (χ2v) is 6.34. The molecule has 146 valence electrons. The van der Waals surface area contributed by atoms with E-state index in [1.807, 2.05) is 6.07 Å². The number of pyridine rings is 1. The number of benzene rings is 2. The number of hydrogen-bond donors (Lipinski definition) is 1. The molecule has 0 radical (unpaired) electrons. The summed E-state index contributed by atoms with van der Waals surface area (Å²) in [5, 5.41) is 0. The number of aromatic amines is 1. The number of aromatic nitrogens is 5. The molecule has 0 saturated carbocycles. The molecule has 0 amide bonds. The fourth-order valence-electron chi connectivity index (χ4n) is 2.91. The minimum Gasteiger partial charge on any atom is -0.456 e. The average Bonchev–Trinajstić information content (AvgIpc) is 3.21. The summed E-state index contributed by atoms with van der Waals surface area (Å²) in [6.45, 7) is 0. The van der Waals surface area contributed by atoms with Gasteiger partial charge in [0.1, 0.15) is 34.3 Å². The molecular formula is C22H14FN5O2. The third-order valence-corrected chi connectivity index (χ3v) is 4.24. The molecule has 0 fully saturated rings. The zero-order chi connectivity index (χ0) is 20.3. The van der Waals surface area contributed by atoms with Gasteiger partial charge in [0.15, 0.2) is 11.6 Å². The minimum absolute atomic E-state index is 0.342. The topological polar surface area (TPSA) is 85.8 Å². The molecule has 30 heavy (non-hydrogen) atoms. The Balaban J connectivity index is 1.60. The van der Waals surface area contributed by atoms with Crippen LogP contribution in [0.2, 0.25) is 0 Å². The maximum Gasteiger partial charge on any atom is 0.158 e. The molecule has 0 bridgehead atoms. The van der Waals surface area contributed by atoms with Crippen LogP contribution in [0.5, 0.6) is 23.0 Å². The Kier molecular flexibility index (Phi) is 4.49. The summed E-state index contributed by atoms with van der Waals surface area (Å²) < 4.78 is 25.2. The van der Waals surface area contributed by atoms with Crippen LogP contribution in [-0.2, 0) is 0 Å². The van der Waals surface area contributed by atoms with Gasteiger partial charge in [-0.15, -0.1) is 0 Å². The Hall–Kier alpha value is -4.33. The van der Waals surface area contributed by atoms with Gasteiger partial charge in [-0.05, 0) is 36.4 Å². The zero-order valence-electron chi connectivity index (χ0n) is 15.5. The summed E-state index contributed by atoms with van der Waals surface area (Å²) in [4.78, 5) is 20.3. The third-order valence-electron chi connectivity index (χ3n) is 4.24. The van der Waals surface area contributed by atoms with Crippen LogP contribution in [-0.4, -0.2) is 24.9 Å². The molecule has 0 aliphatic rings. The first-order valence-electron chi connectivity index (χ1n) is 9.06. The Bertz CT molecular complexity index is 1290. The maximum absolute atomic E-state index is 13.3. The van der Waals surface area contributed by atoms with E-state index in [1.54, 1.807) is 61.3 Å². The number of rotatable bonds is 5. The van der Waals surface area contributed by atoms with Crippen molar-refractivity contribution < 1.29 is 13.9 Å². The average molecular weight is 399 g/mol. The smallest absolute Gasteiger partial charge is 0.158 e. The number of hydrogen-bond acceptors (Lipinski definition) is 6. The normalized spacial score (nSPS) is 10.8. The number of H-pyrrole nitrogens is 1. The van der Waals surface area contributed by atoms with Crippen LogP contribution in [0, 0.1) is 5.82 Å². The summed E-state index contributed by atoms with van der Waals surface area (Å²) in [7, 11) is 0. The summed E-state index contributed by atoms with van der Waals surface area (Å²) in [6.07, 6.45) is 8.08. The third kappa shape index (κ3) is 3.66. The Labute approximate surface area is 170 Å². The van der Waals surface area contributed by atoms with Crippen molar-refractivity contribution in [3.63, 3.8) is 0 Å². The van der Waals surface area contributed by atoms with Gasteiger partial charge in [0.05, 0.1) is 17.9 Å². The van der Waals surface area contributed by atoms with E-state index in [0.717, 1.165) is 0 Å². The second-order valence-electron chi connectivity index (χ2n) is 6.34. The van der Waals surface area contributed by atoms with Crippen LogP contribution in [0.25, 0.3) is 22.6 Å².